The number of aromatic nitrogens is 1. The highest BCUT2D eigenvalue weighted by atomic mass is 16.5. The fraction of sp³-hybridized carbons (Fsp3) is 0.333. The summed E-state index contributed by atoms with van der Waals surface area (Å²) in [6.45, 7) is 1.54. The number of carbonyl (C=O) groups excluding carboxylic acids is 2. The van der Waals surface area contributed by atoms with E-state index in [-0.39, 0.29) is 5.75 Å². The minimum absolute atomic E-state index is 0.199. The number of aromatic hydroxyl groups is 1. The number of phenolic OH excluding ortho intramolecular Hbond substituents is 1. The van der Waals surface area contributed by atoms with Crippen molar-refractivity contribution in [2.45, 2.75) is 63.5 Å². The lowest BCUT2D eigenvalue weighted by Gasteiger charge is -2.32. The van der Waals surface area contributed by atoms with Crippen LogP contribution in [0.25, 0.3) is 22.6 Å². The first-order valence-electron chi connectivity index (χ1n) is 12.7. The molecular formula is C30H29N3O4. The molecule has 2 aliphatic rings. The Morgan fingerprint density at radius 3 is 2.57 bits per heavy atom. The first-order chi connectivity index (χ1) is 17.9. The number of benzene rings is 2. The van der Waals surface area contributed by atoms with Gasteiger partial charge in [0.15, 0.2) is 6.10 Å². The lowest BCUT2D eigenvalue weighted by molar-refractivity contribution is -0.130. The smallest absolute Gasteiger partial charge is 0.339 e. The van der Waals surface area contributed by atoms with Crippen LogP contribution in [0.2, 0.25) is 0 Å². The first kappa shape index (κ1) is 24.5. The molecule has 0 saturated heterocycles. The van der Waals surface area contributed by atoms with Gasteiger partial charge in [-0.1, -0.05) is 49.6 Å². The van der Waals surface area contributed by atoms with Crippen molar-refractivity contribution in [3.05, 3.63) is 70.9 Å². The molecule has 1 fully saturated rings. The van der Waals surface area contributed by atoms with Crippen LogP contribution in [0.1, 0.15) is 72.6 Å². The van der Waals surface area contributed by atoms with Gasteiger partial charge in [-0.25, -0.2) is 9.78 Å². The molecule has 7 heteroatoms. The number of phenols is 1. The van der Waals surface area contributed by atoms with Crippen molar-refractivity contribution in [3.8, 4) is 11.8 Å². The number of hydrogen-bond acceptors (Lipinski definition) is 6. The Balaban J connectivity index is 1.44. The fourth-order valence-electron chi connectivity index (χ4n) is 5.31. The number of esters is 1. The molecule has 3 aromatic rings. The van der Waals surface area contributed by atoms with Gasteiger partial charge in [0.05, 0.1) is 22.8 Å². The van der Waals surface area contributed by atoms with Gasteiger partial charge in [0.2, 0.25) is 0 Å². The number of fused-ring (bicyclic) bond motifs is 2. The van der Waals surface area contributed by atoms with E-state index < -0.39 is 23.5 Å². The van der Waals surface area contributed by atoms with Crippen molar-refractivity contribution >= 4 is 34.4 Å². The highest BCUT2D eigenvalue weighted by molar-refractivity contribution is 6.07. The zero-order valence-corrected chi connectivity index (χ0v) is 20.8. The summed E-state index contributed by atoms with van der Waals surface area (Å²) in [5.41, 5.74) is 3.70. The van der Waals surface area contributed by atoms with Gasteiger partial charge < -0.3 is 15.2 Å². The van der Waals surface area contributed by atoms with E-state index in [1.165, 1.54) is 0 Å². The number of carbonyl (C=O) groups is 2. The maximum absolute atomic E-state index is 13.5. The van der Waals surface area contributed by atoms with Gasteiger partial charge >= 0.3 is 5.97 Å². The molecule has 37 heavy (non-hydrogen) atoms. The monoisotopic (exact) mass is 495 g/mol. The predicted molar refractivity (Wildman–Crippen MR) is 140 cm³/mol. The number of nitrogens with one attached hydrogen (secondary N) is 1. The van der Waals surface area contributed by atoms with E-state index >= 15 is 0 Å². The van der Waals surface area contributed by atoms with E-state index in [9.17, 15) is 20.0 Å². The summed E-state index contributed by atoms with van der Waals surface area (Å²) in [6, 6.07) is 16.6. The van der Waals surface area contributed by atoms with Crippen molar-refractivity contribution in [2.24, 2.45) is 0 Å². The standard InChI is InChI=1S/C30H29N3O4/c1-19(28(35)33-30(18-31)15-5-2-6-16-30)37-29(36)26-23-7-3-4-8-25(23)32-27-21(11-14-24(26)27)17-20-9-12-22(34)13-10-20/h3-4,7-10,12-13,17,19,34H,2,5-6,11,14-16H2,1H3,(H,33,35)/b21-17-/t19-/m0/s1. The molecule has 188 valence electrons. The summed E-state index contributed by atoms with van der Waals surface area (Å²) < 4.78 is 5.69. The number of amides is 1. The number of pyridine rings is 1. The Morgan fingerprint density at radius 1 is 1.11 bits per heavy atom. The highest BCUT2D eigenvalue weighted by Gasteiger charge is 2.36. The van der Waals surface area contributed by atoms with E-state index in [0.29, 0.717) is 42.1 Å². The average Bonchev–Trinajstić information content (AvgIpc) is 3.30. The first-order valence-corrected chi connectivity index (χ1v) is 12.7. The highest BCUT2D eigenvalue weighted by Crippen LogP contribution is 2.38. The third kappa shape index (κ3) is 4.92. The van der Waals surface area contributed by atoms with E-state index in [0.717, 1.165) is 41.7 Å². The third-order valence-electron chi connectivity index (χ3n) is 7.32. The van der Waals surface area contributed by atoms with Gasteiger partial charge in [-0.15, -0.1) is 0 Å². The Kier molecular flexibility index (Phi) is 6.66. The average molecular weight is 496 g/mol. The zero-order valence-electron chi connectivity index (χ0n) is 20.8. The summed E-state index contributed by atoms with van der Waals surface area (Å²) in [5, 5.41) is 22.8. The fourth-order valence-corrected chi connectivity index (χ4v) is 5.31. The van der Waals surface area contributed by atoms with Crippen LogP contribution in [0.4, 0.5) is 0 Å². The zero-order chi connectivity index (χ0) is 26.0. The summed E-state index contributed by atoms with van der Waals surface area (Å²) in [4.78, 5) is 31.3. The van der Waals surface area contributed by atoms with Crippen molar-refractivity contribution in [1.29, 1.82) is 5.26 Å². The number of hydrogen-bond donors (Lipinski definition) is 2. The van der Waals surface area contributed by atoms with Gasteiger partial charge in [-0.3, -0.25) is 4.79 Å². The second kappa shape index (κ2) is 10.1. The van der Waals surface area contributed by atoms with Crippen molar-refractivity contribution < 1.29 is 19.4 Å². The van der Waals surface area contributed by atoms with Gasteiger partial charge in [-0.05, 0) is 73.6 Å². The lowest BCUT2D eigenvalue weighted by atomic mass is 9.83. The predicted octanol–water partition coefficient (Wildman–Crippen LogP) is 5.32. The summed E-state index contributed by atoms with van der Waals surface area (Å²) in [7, 11) is 0. The topological polar surface area (TPSA) is 112 Å². The van der Waals surface area contributed by atoms with Crippen LogP contribution < -0.4 is 5.32 Å². The van der Waals surface area contributed by atoms with Crippen LogP contribution in [-0.4, -0.2) is 33.6 Å². The second-order valence-electron chi connectivity index (χ2n) is 9.88. The molecule has 1 aromatic heterocycles. The molecule has 0 radical (unpaired) electrons. The Morgan fingerprint density at radius 2 is 1.84 bits per heavy atom. The molecule has 1 heterocycles. The summed E-state index contributed by atoms with van der Waals surface area (Å²) >= 11 is 0. The molecule has 2 N–H and O–H groups in total. The van der Waals surface area contributed by atoms with Gasteiger partial charge in [0.25, 0.3) is 5.91 Å². The molecule has 0 aliphatic heterocycles. The SMILES string of the molecule is C[C@H](OC(=O)c1c2c(nc3ccccc13)/C(=C\c1ccc(O)cc1)CC2)C(=O)NC1(C#N)CCCCC1. The van der Waals surface area contributed by atoms with Gasteiger partial charge in [-0.2, -0.15) is 5.26 Å². The third-order valence-corrected chi connectivity index (χ3v) is 7.32. The van der Waals surface area contributed by atoms with Crippen molar-refractivity contribution in [3.63, 3.8) is 0 Å². The largest absolute Gasteiger partial charge is 0.508 e. The minimum Gasteiger partial charge on any atom is -0.508 e. The molecule has 1 amide bonds. The number of nitrogens with zero attached hydrogens (tertiary/aromatic N) is 2. The Labute approximate surface area is 215 Å². The summed E-state index contributed by atoms with van der Waals surface area (Å²) in [6.07, 6.45) is 6.34. The molecule has 2 aliphatic carbocycles. The number of ether oxygens (including phenoxy) is 1. The molecule has 1 saturated carbocycles. The van der Waals surface area contributed by atoms with Crippen LogP contribution in [0.3, 0.4) is 0 Å². The summed E-state index contributed by atoms with van der Waals surface area (Å²) in [5.74, 6) is -0.830. The van der Waals surface area contributed by atoms with E-state index in [4.69, 9.17) is 9.72 Å². The maximum atomic E-state index is 13.5. The van der Waals surface area contributed by atoms with Crippen molar-refractivity contribution in [1.82, 2.24) is 10.3 Å². The molecule has 5 rings (SSSR count). The number of allylic oxidation sites excluding steroid dienone is 1. The second-order valence-corrected chi connectivity index (χ2v) is 9.88. The maximum Gasteiger partial charge on any atom is 0.339 e. The molecule has 0 spiro atoms. The minimum atomic E-state index is -1.05. The number of rotatable bonds is 5. The van der Waals surface area contributed by atoms with Crippen LogP contribution in [-0.2, 0) is 16.0 Å². The van der Waals surface area contributed by atoms with Crippen LogP contribution in [0.15, 0.2) is 48.5 Å². The van der Waals surface area contributed by atoms with E-state index in [1.54, 1.807) is 19.1 Å². The molecule has 0 bridgehead atoms. The van der Waals surface area contributed by atoms with Crippen molar-refractivity contribution in [2.75, 3.05) is 0 Å². The molecule has 2 aromatic carbocycles. The molecule has 1 atom stereocenters. The van der Waals surface area contributed by atoms with Crippen LogP contribution >= 0.6 is 0 Å². The van der Waals surface area contributed by atoms with E-state index in [2.05, 4.69) is 11.4 Å². The van der Waals surface area contributed by atoms with Crippen LogP contribution in [0, 0.1) is 11.3 Å². The quantitative estimate of drug-likeness (QED) is 0.464. The normalized spacial score (nSPS) is 18.1. The number of nitriles is 1. The Hall–Kier alpha value is -4.18. The van der Waals surface area contributed by atoms with Gasteiger partial charge in [0.1, 0.15) is 11.3 Å². The Bertz CT molecular complexity index is 1430. The van der Waals surface area contributed by atoms with Gasteiger partial charge in [0, 0.05) is 5.39 Å². The molecule has 7 nitrogen and oxygen atoms in total. The van der Waals surface area contributed by atoms with Crippen LogP contribution in [0.5, 0.6) is 5.75 Å². The number of para-hydroxylation sites is 1. The lowest BCUT2D eigenvalue weighted by Crippen LogP contribution is -2.52. The van der Waals surface area contributed by atoms with E-state index in [1.807, 2.05) is 42.5 Å². The molecular weight excluding hydrogens is 466 g/mol. The molecule has 0 unspecified atom stereocenters.